The molecule has 1 aromatic heterocycles. The van der Waals surface area contributed by atoms with Crippen LogP contribution in [-0.2, 0) is 4.74 Å². The zero-order chi connectivity index (χ0) is 18.4. The standard InChI is InChI=1S/C17H19ClN4O3/c1-4-22(5-2)15-10-19-14(9-20-15)16(23)21-13-8-11(17(24)25-3)6-7-12(13)18/h6-10H,4-5H2,1-3H3,(H,21,23). The summed E-state index contributed by atoms with van der Waals surface area (Å²) in [4.78, 5) is 34.3. The summed E-state index contributed by atoms with van der Waals surface area (Å²) in [6.07, 6.45) is 2.95. The van der Waals surface area contributed by atoms with Crippen LogP contribution in [-0.4, -0.2) is 42.0 Å². The number of hydrogen-bond donors (Lipinski definition) is 1. The highest BCUT2D eigenvalue weighted by Crippen LogP contribution is 2.24. The predicted octanol–water partition coefficient (Wildman–Crippen LogP) is 3.02. The van der Waals surface area contributed by atoms with Gasteiger partial charge in [-0.15, -0.1) is 0 Å². The molecule has 7 nitrogen and oxygen atoms in total. The van der Waals surface area contributed by atoms with Gasteiger partial charge < -0.3 is 15.0 Å². The first-order valence-electron chi connectivity index (χ1n) is 7.76. The average Bonchev–Trinajstić information content (AvgIpc) is 2.64. The minimum atomic E-state index is -0.518. The maximum Gasteiger partial charge on any atom is 0.337 e. The normalized spacial score (nSPS) is 10.2. The molecule has 0 saturated carbocycles. The third-order valence-corrected chi connectivity index (χ3v) is 3.92. The van der Waals surface area contributed by atoms with Crippen molar-refractivity contribution in [2.75, 3.05) is 30.4 Å². The van der Waals surface area contributed by atoms with Gasteiger partial charge in [0.2, 0.25) is 0 Å². The zero-order valence-corrected chi connectivity index (χ0v) is 15.0. The lowest BCUT2D eigenvalue weighted by atomic mass is 10.2. The number of carbonyl (C=O) groups excluding carboxylic acids is 2. The third kappa shape index (κ3) is 4.45. The van der Waals surface area contributed by atoms with Crippen LogP contribution in [0.2, 0.25) is 5.02 Å². The van der Waals surface area contributed by atoms with Crippen LogP contribution in [0.25, 0.3) is 0 Å². The van der Waals surface area contributed by atoms with E-state index in [1.807, 2.05) is 18.7 Å². The maximum atomic E-state index is 12.3. The number of nitrogens with one attached hydrogen (secondary N) is 1. The van der Waals surface area contributed by atoms with E-state index >= 15 is 0 Å². The van der Waals surface area contributed by atoms with Crippen molar-refractivity contribution in [3.63, 3.8) is 0 Å². The molecule has 1 N–H and O–H groups in total. The van der Waals surface area contributed by atoms with Crippen molar-refractivity contribution in [2.24, 2.45) is 0 Å². The van der Waals surface area contributed by atoms with Gasteiger partial charge in [0.25, 0.3) is 5.91 Å². The van der Waals surface area contributed by atoms with Crippen molar-refractivity contribution in [1.29, 1.82) is 0 Å². The third-order valence-electron chi connectivity index (χ3n) is 3.59. The molecule has 1 amide bonds. The Morgan fingerprint density at radius 3 is 2.48 bits per heavy atom. The second-order valence-corrected chi connectivity index (χ2v) is 5.48. The number of amides is 1. The highest BCUT2D eigenvalue weighted by molar-refractivity contribution is 6.34. The fourth-order valence-electron chi connectivity index (χ4n) is 2.20. The van der Waals surface area contributed by atoms with Crippen molar-refractivity contribution < 1.29 is 14.3 Å². The lowest BCUT2D eigenvalue weighted by molar-refractivity contribution is 0.0600. The van der Waals surface area contributed by atoms with Gasteiger partial charge in [-0.05, 0) is 32.0 Å². The Morgan fingerprint density at radius 2 is 1.92 bits per heavy atom. The lowest BCUT2D eigenvalue weighted by Crippen LogP contribution is -2.23. The number of halogens is 1. The molecule has 1 aromatic carbocycles. The largest absolute Gasteiger partial charge is 0.465 e. The average molecular weight is 363 g/mol. The van der Waals surface area contributed by atoms with Gasteiger partial charge in [0, 0.05) is 13.1 Å². The molecule has 0 bridgehead atoms. The van der Waals surface area contributed by atoms with Crippen molar-refractivity contribution in [3.05, 3.63) is 46.9 Å². The Hall–Kier alpha value is -2.67. The van der Waals surface area contributed by atoms with E-state index in [9.17, 15) is 9.59 Å². The molecule has 0 fully saturated rings. The van der Waals surface area contributed by atoms with Crippen LogP contribution < -0.4 is 10.2 Å². The number of benzene rings is 1. The van der Waals surface area contributed by atoms with E-state index < -0.39 is 11.9 Å². The summed E-state index contributed by atoms with van der Waals surface area (Å²) < 4.78 is 4.66. The fourth-order valence-corrected chi connectivity index (χ4v) is 2.37. The van der Waals surface area contributed by atoms with Gasteiger partial charge in [0.05, 0.1) is 35.8 Å². The molecule has 0 aliphatic heterocycles. The van der Waals surface area contributed by atoms with Crippen LogP contribution in [0.5, 0.6) is 0 Å². The summed E-state index contributed by atoms with van der Waals surface area (Å²) in [7, 11) is 1.28. The van der Waals surface area contributed by atoms with E-state index in [1.165, 1.54) is 31.5 Å². The molecule has 8 heteroatoms. The molecular formula is C17H19ClN4O3. The van der Waals surface area contributed by atoms with E-state index in [1.54, 1.807) is 6.20 Å². The molecule has 2 aromatic rings. The van der Waals surface area contributed by atoms with Crippen molar-refractivity contribution in [2.45, 2.75) is 13.8 Å². The van der Waals surface area contributed by atoms with Crippen LogP contribution in [0.15, 0.2) is 30.6 Å². The molecule has 0 aliphatic rings. The maximum absolute atomic E-state index is 12.3. The minimum Gasteiger partial charge on any atom is -0.465 e. The molecule has 1 heterocycles. The molecule has 0 atom stereocenters. The molecule has 2 rings (SSSR count). The number of methoxy groups -OCH3 is 1. The van der Waals surface area contributed by atoms with Gasteiger partial charge in [-0.3, -0.25) is 4.79 Å². The van der Waals surface area contributed by atoms with Crippen LogP contribution in [0.4, 0.5) is 11.5 Å². The SMILES string of the molecule is CCN(CC)c1cnc(C(=O)Nc2cc(C(=O)OC)ccc2Cl)cn1. The van der Waals surface area contributed by atoms with Crippen LogP contribution >= 0.6 is 11.6 Å². The minimum absolute atomic E-state index is 0.149. The molecular weight excluding hydrogens is 344 g/mol. The highest BCUT2D eigenvalue weighted by Gasteiger charge is 2.14. The number of rotatable bonds is 6. The van der Waals surface area contributed by atoms with Crippen LogP contribution in [0.1, 0.15) is 34.7 Å². The smallest absolute Gasteiger partial charge is 0.337 e. The molecule has 132 valence electrons. The highest BCUT2D eigenvalue weighted by atomic mass is 35.5. The summed E-state index contributed by atoms with van der Waals surface area (Å²) in [5.74, 6) is -0.287. The number of anilines is 2. The van der Waals surface area contributed by atoms with Gasteiger partial charge in [-0.25, -0.2) is 14.8 Å². The summed E-state index contributed by atoms with van der Waals surface area (Å²) >= 11 is 6.07. The number of esters is 1. The number of ether oxygens (including phenoxy) is 1. The summed E-state index contributed by atoms with van der Waals surface area (Å²) in [5, 5.41) is 2.93. The first-order chi connectivity index (χ1) is 12.0. The summed E-state index contributed by atoms with van der Waals surface area (Å²) in [5.41, 5.74) is 0.727. The van der Waals surface area contributed by atoms with Gasteiger partial charge in [-0.2, -0.15) is 0 Å². The van der Waals surface area contributed by atoms with Crippen LogP contribution in [0, 0.1) is 0 Å². The Bertz CT molecular complexity index is 761. The van der Waals surface area contributed by atoms with Crippen molar-refractivity contribution in [1.82, 2.24) is 9.97 Å². The first-order valence-corrected chi connectivity index (χ1v) is 8.14. The van der Waals surface area contributed by atoms with Gasteiger partial charge in [0.1, 0.15) is 11.5 Å². The number of carbonyl (C=O) groups is 2. The molecule has 0 radical (unpaired) electrons. The topological polar surface area (TPSA) is 84.4 Å². The van der Waals surface area contributed by atoms with Crippen molar-refractivity contribution >= 4 is 35.0 Å². The second kappa shape index (κ2) is 8.43. The lowest BCUT2D eigenvalue weighted by Gasteiger charge is -2.19. The Labute approximate surface area is 151 Å². The molecule has 0 saturated heterocycles. The van der Waals surface area contributed by atoms with Crippen LogP contribution in [0.3, 0.4) is 0 Å². The van der Waals surface area contributed by atoms with E-state index in [-0.39, 0.29) is 11.3 Å². The Kier molecular flexibility index (Phi) is 6.30. The second-order valence-electron chi connectivity index (χ2n) is 5.07. The van der Waals surface area contributed by atoms with Crippen molar-refractivity contribution in [3.8, 4) is 0 Å². The van der Waals surface area contributed by atoms with Gasteiger partial charge in [-0.1, -0.05) is 11.6 Å². The number of hydrogen-bond acceptors (Lipinski definition) is 6. The monoisotopic (exact) mass is 362 g/mol. The Morgan fingerprint density at radius 1 is 1.20 bits per heavy atom. The fraction of sp³-hybridized carbons (Fsp3) is 0.294. The first kappa shape index (κ1) is 18.7. The molecule has 0 spiro atoms. The van der Waals surface area contributed by atoms with E-state index in [0.717, 1.165) is 13.1 Å². The van der Waals surface area contributed by atoms with Gasteiger partial charge in [0.15, 0.2) is 0 Å². The summed E-state index contributed by atoms with van der Waals surface area (Å²) in [6.45, 7) is 5.63. The summed E-state index contributed by atoms with van der Waals surface area (Å²) in [6, 6.07) is 4.48. The number of aromatic nitrogens is 2. The van der Waals surface area contributed by atoms with E-state index in [0.29, 0.717) is 16.5 Å². The number of nitrogens with zero attached hydrogens (tertiary/aromatic N) is 3. The molecule has 25 heavy (non-hydrogen) atoms. The molecule has 0 unspecified atom stereocenters. The molecule has 0 aliphatic carbocycles. The quantitative estimate of drug-likeness (QED) is 0.795. The zero-order valence-electron chi connectivity index (χ0n) is 14.2. The van der Waals surface area contributed by atoms with Gasteiger partial charge >= 0.3 is 5.97 Å². The van der Waals surface area contributed by atoms with E-state index in [2.05, 4.69) is 20.0 Å². The Balaban J connectivity index is 2.18. The van der Waals surface area contributed by atoms with E-state index in [4.69, 9.17) is 11.6 Å². The predicted molar refractivity (Wildman–Crippen MR) is 96.3 cm³/mol.